The quantitative estimate of drug-likeness (QED) is 0.750. The SMILES string of the molecule is CNC(=O)CC1SC(=Nc2ccccc2Cl)N(Cc2ccc(F)c(Cl)c2)C1=O. The summed E-state index contributed by atoms with van der Waals surface area (Å²) in [6.07, 6.45) is 0.0300. The molecule has 1 atom stereocenters. The van der Waals surface area contributed by atoms with E-state index in [-0.39, 0.29) is 29.8 Å². The standard InChI is InChI=1S/C19H16Cl2FN3O2S/c1-23-17(26)9-16-18(27)25(10-11-6-7-14(22)13(21)8-11)19(28-16)24-15-5-3-2-4-12(15)20/h2-8,16H,9-10H2,1H3,(H,23,26). The number of carbonyl (C=O) groups is 2. The molecule has 146 valence electrons. The van der Waals surface area contributed by atoms with Crippen molar-refractivity contribution >= 4 is 57.6 Å². The Hall–Kier alpha value is -2.09. The molecule has 1 N–H and O–H groups in total. The summed E-state index contributed by atoms with van der Waals surface area (Å²) in [5, 5.41) is 2.77. The first-order chi connectivity index (χ1) is 13.4. The Balaban J connectivity index is 1.93. The highest BCUT2D eigenvalue weighted by atomic mass is 35.5. The van der Waals surface area contributed by atoms with Crippen molar-refractivity contribution in [3.63, 3.8) is 0 Å². The Labute approximate surface area is 175 Å². The maximum atomic E-state index is 13.4. The molecular formula is C19H16Cl2FN3O2S. The minimum atomic E-state index is -0.600. The lowest BCUT2D eigenvalue weighted by Crippen LogP contribution is -2.33. The van der Waals surface area contributed by atoms with Gasteiger partial charge in [0.25, 0.3) is 0 Å². The highest BCUT2D eigenvalue weighted by Gasteiger charge is 2.39. The second-order valence-corrected chi connectivity index (χ2v) is 7.99. The Bertz CT molecular complexity index is 955. The van der Waals surface area contributed by atoms with E-state index in [1.807, 2.05) is 0 Å². The summed E-state index contributed by atoms with van der Waals surface area (Å²) >= 11 is 13.2. The van der Waals surface area contributed by atoms with Crippen molar-refractivity contribution in [1.29, 1.82) is 0 Å². The van der Waals surface area contributed by atoms with E-state index < -0.39 is 11.1 Å². The molecule has 1 saturated heterocycles. The van der Waals surface area contributed by atoms with E-state index in [4.69, 9.17) is 23.2 Å². The molecule has 1 aliphatic heterocycles. The zero-order valence-electron chi connectivity index (χ0n) is 14.8. The van der Waals surface area contributed by atoms with Crippen LogP contribution in [0.1, 0.15) is 12.0 Å². The van der Waals surface area contributed by atoms with Gasteiger partial charge >= 0.3 is 0 Å². The van der Waals surface area contributed by atoms with Crippen LogP contribution in [0.25, 0.3) is 0 Å². The highest BCUT2D eigenvalue weighted by Crippen LogP contribution is 2.34. The number of thioether (sulfide) groups is 1. The third-order valence-electron chi connectivity index (χ3n) is 4.06. The maximum Gasteiger partial charge on any atom is 0.242 e. The molecule has 1 unspecified atom stereocenters. The van der Waals surface area contributed by atoms with Crippen LogP contribution in [0.2, 0.25) is 10.0 Å². The van der Waals surface area contributed by atoms with Crippen LogP contribution in [0, 0.1) is 5.82 Å². The summed E-state index contributed by atoms with van der Waals surface area (Å²) in [6, 6.07) is 11.3. The fraction of sp³-hybridized carbons (Fsp3) is 0.211. The van der Waals surface area contributed by atoms with Gasteiger partial charge in [0, 0.05) is 13.5 Å². The molecule has 28 heavy (non-hydrogen) atoms. The molecule has 2 aromatic carbocycles. The van der Waals surface area contributed by atoms with Crippen molar-refractivity contribution in [1.82, 2.24) is 10.2 Å². The summed E-state index contributed by atoms with van der Waals surface area (Å²) in [6.45, 7) is 0.152. The molecule has 0 spiro atoms. The predicted molar refractivity (Wildman–Crippen MR) is 111 cm³/mol. The largest absolute Gasteiger partial charge is 0.359 e. The van der Waals surface area contributed by atoms with E-state index in [0.717, 1.165) is 0 Å². The van der Waals surface area contributed by atoms with Gasteiger partial charge < -0.3 is 5.32 Å². The number of aliphatic imine (C=N–C) groups is 1. The van der Waals surface area contributed by atoms with E-state index in [0.29, 0.717) is 21.4 Å². The molecule has 1 aliphatic rings. The fourth-order valence-electron chi connectivity index (χ4n) is 2.61. The minimum absolute atomic E-state index is 0.0247. The van der Waals surface area contributed by atoms with Crippen molar-refractivity contribution in [3.05, 3.63) is 63.9 Å². The topological polar surface area (TPSA) is 61.8 Å². The number of hydrogen-bond acceptors (Lipinski definition) is 4. The van der Waals surface area contributed by atoms with Crippen molar-refractivity contribution in [2.75, 3.05) is 7.05 Å². The Kier molecular flexibility index (Phi) is 6.59. The Morgan fingerprint density at radius 1 is 1.25 bits per heavy atom. The van der Waals surface area contributed by atoms with Gasteiger partial charge in [-0.3, -0.25) is 14.5 Å². The van der Waals surface area contributed by atoms with Crippen LogP contribution in [-0.4, -0.2) is 34.2 Å². The van der Waals surface area contributed by atoms with Crippen molar-refractivity contribution in [2.45, 2.75) is 18.2 Å². The third-order valence-corrected chi connectivity index (χ3v) is 5.85. The molecule has 2 amide bonds. The van der Waals surface area contributed by atoms with E-state index in [1.54, 1.807) is 30.3 Å². The normalized spacial score (nSPS) is 18.0. The highest BCUT2D eigenvalue weighted by molar-refractivity contribution is 8.15. The first-order valence-electron chi connectivity index (χ1n) is 8.35. The molecule has 3 rings (SSSR count). The van der Waals surface area contributed by atoms with Gasteiger partial charge in [-0.1, -0.05) is 53.2 Å². The number of nitrogens with zero attached hydrogens (tertiary/aromatic N) is 2. The second kappa shape index (κ2) is 8.94. The number of amidine groups is 1. The van der Waals surface area contributed by atoms with Crippen LogP contribution < -0.4 is 5.32 Å². The zero-order valence-corrected chi connectivity index (χ0v) is 17.1. The summed E-state index contributed by atoms with van der Waals surface area (Å²) < 4.78 is 13.4. The van der Waals surface area contributed by atoms with Gasteiger partial charge in [0.05, 0.1) is 22.3 Å². The lowest BCUT2D eigenvalue weighted by atomic mass is 10.2. The molecule has 0 aliphatic carbocycles. The van der Waals surface area contributed by atoms with Gasteiger partial charge in [-0.25, -0.2) is 9.38 Å². The second-order valence-electron chi connectivity index (χ2n) is 6.00. The smallest absolute Gasteiger partial charge is 0.242 e. The summed E-state index contributed by atoms with van der Waals surface area (Å²) in [7, 11) is 1.52. The van der Waals surface area contributed by atoms with Crippen LogP contribution in [0.4, 0.5) is 10.1 Å². The van der Waals surface area contributed by atoms with Crippen molar-refractivity contribution in [2.24, 2.45) is 4.99 Å². The Morgan fingerprint density at radius 2 is 2.00 bits per heavy atom. The Morgan fingerprint density at radius 3 is 2.68 bits per heavy atom. The van der Waals surface area contributed by atoms with Crippen LogP contribution >= 0.6 is 35.0 Å². The molecule has 0 bridgehead atoms. The average Bonchev–Trinajstić information content (AvgIpc) is 2.95. The number of para-hydroxylation sites is 1. The fourth-order valence-corrected chi connectivity index (χ4v) is 4.14. The molecule has 9 heteroatoms. The van der Waals surface area contributed by atoms with Crippen molar-refractivity contribution in [3.8, 4) is 0 Å². The molecule has 1 heterocycles. The molecule has 2 aromatic rings. The first kappa shape index (κ1) is 20.6. The number of nitrogens with one attached hydrogen (secondary N) is 1. The van der Waals surface area contributed by atoms with Gasteiger partial charge in [-0.2, -0.15) is 0 Å². The number of halogens is 3. The molecule has 0 aromatic heterocycles. The monoisotopic (exact) mass is 439 g/mol. The number of benzene rings is 2. The van der Waals surface area contributed by atoms with Gasteiger partial charge in [0.15, 0.2) is 5.17 Å². The molecule has 0 radical (unpaired) electrons. The van der Waals surface area contributed by atoms with Crippen molar-refractivity contribution < 1.29 is 14.0 Å². The maximum absolute atomic E-state index is 13.4. The third kappa shape index (κ3) is 4.66. The van der Waals surface area contributed by atoms with Gasteiger partial charge in [0.1, 0.15) is 11.1 Å². The van der Waals surface area contributed by atoms with Crippen LogP contribution in [0.3, 0.4) is 0 Å². The average molecular weight is 440 g/mol. The van der Waals surface area contributed by atoms with E-state index in [1.165, 1.54) is 35.8 Å². The number of carbonyl (C=O) groups excluding carboxylic acids is 2. The number of rotatable bonds is 5. The molecule has 1 fully saturated rings. The van der Waals surface area contributed by atoms with Crippen LogP contribution in [0.15, 0.2) is 47.5 Å². The van der Waals surface area contributed by atoms with E-state index >= 15 is 0 Å². The molecular weight excluding hydrogens is 424 g/mol. The first-order valence-corrected chi connectivity index (χ1v) is 9.98. The lowest BCUT2D eigenvalue weighted by Gasteiger charge is -2.17. The molecule has 0 saturated carbocycles. The summed E-state index contributed by atoms with van der Waals surface area (Å²) in [5.74, 6) is -1.02. The van der Waals surface area contributed by atoms with E-state index in [2.05, 4.69) is 10.3 Å². The van der Waals surface area contributed by atoms with Crippen LogP contribution in [0.5, 0.6) is 0 Å². The number of amides is 2. The summed E-state index contributed by atoms with van der Waals surface area (Å²) in [4.78, 5) is 30.7. The van der Waals surface area contributed by atoms with Gasteiger partial charge in [-0.15, -0.1) is 0 Å². The van der Waals surface area contributed by atoms with Gasteiger partial charge in [-0.05, 0) is 29.8 Å². The van der Waals surface area contributed by atoms with Crippen LogP contribution in [-0.2, 0) is 16.1 Å². The predicted octanol–water partition coefficient (Wildman–Crippen LogP) is 4.40. The summed E-state index contributed by atoms with van der Waals surface area (Å²) in [5.41, 5.74) is 1.16. The van der Waals surface area contributed by atoms with Gasteiger partial charge in [0.2, 0.25) is 11.8 Å². The minimum Gasteiger partial charge on any atom is -0.359 e. The zero-order chi connectivity index (χ0) is 20.3. The number of hydrogen-bond donors (Lipinski definition) is 1. The van der Waals surface area contributed by atoms with E-state index in [9.17, 15) is 14.0 Å². The molecule has 5 nitrogen and oxygen atoms in total. The lowest BCUT2D eigenvalue weighted by molar-refractivity contribution is -0.129.